The lowest BCUT2D eigenvalue weighted by Crippen LogP contribution is -2.04. The zero-order chi connectivity index (χ0) is 17.1. The Labute approximate surface area is 137 Å². The Hall–Kier alpha value is -3.22. The fraction of sp³-hybridized carbons (Fsp3) is 0.0588. The van der Waals surface area contributed by atoms with Crippen LogP contribution in [0.25, 0.3) is 0 Å². The van der Waals surface area contributed by atoms with E-state index < -0.39 is 11.6 Å². The molecule has 122 valence electrons. The molecule has 0 amide bonds. The van der Waals surface area contributed by atoms with Gasteiger partial charge in [0.25, 0.3) is 0 Å². The minimum absolute atomic E-state index is 0.0818. The maximum Gasteiger partial charge on any atom is 0.248 e. The molecule has 0 saturated heterocycles. The second-order valence-electron chi connectivity index (χ2n) is 5.11. The predicted molar refractivity (Wildman–Crippen MR) is 87.3 cm³/mol. The van der Waals surface area contributed by atoms with E-state index in [1.54, 1.807) is 12.1 Å². The van der Waals surface area contributed by atoms with Crippen molar-refractivity contribution in [2.24, 2.45) is 0 Å². The monoisotopic (exact) mass is 328 g/mol. The Morgan fingerprint density at radius 1 is 1.04 bits per heavy atom. The number of ether oxygens (including phenoxy) is 1. The summed E-state index contributed by atoms with van der Waals surface area (Å²) < 4.78 is 32.6. The third-order valence-electron chi connectivity index (χ3n) is 3.26. The summed E-state index contributed by atoms with van der Waals surface area (Å²) in [7, 11) is 0. The van der Waals surface area contributed by atoms with Gasteiger partial charge in [-0.05, 0) is 31.2 Å². The van der Waals surface area contributed by atoms with Gasteiger partial charge in [-0.1, -0.05) is 17.7 Å². The number of nitrogen functional groups attached to an aromatic ring is 1. The fourth-order valence-corrected chi connectivity index (χ4v) is 2.00. The molecule has 1 heterocycles. The molecule has 24 heavy (non-hydrogen) atoms. The number of aromatic nitrogens is 2. The third kappa shape index (κ3) is 3.40. The van der Waals surface area contributed by atoms with Crippen molar-refractivity contribution in [2.45, 2.75) is 6.92 Å². The van der Waals surface area contributed by atoms with Crippen molar-refractivity contribution in [3.8, 4) is 11.6 Å². The van der Waals surface area contributed by atoms with E-state index in [-0.39, 0.29) is 23.1 Å². The minimum atomic E-state index is -0.629. The fourth-order valence-electron chi connectivity index (χ4n) is 2.00. The van der Waals surface area contributed by atoms with E-state index >= 15 is 0 Å². The SMILES string of the molecule is Cc1ccc(Oc2ncnc(Nc3cc(F)ccc3F)c2N)cc1. The Balaban J connectivity index is 1.88. The minimum Gasteiger partial charge on any atom is -0.437 e. The number of nitrogens with one attached hydrogen (secondary N) is 1. The third-order valence-corrected chi connectivity index (χ3v) is 3.26. The number of halogens is 2. The second kappa shape index (κ2) is 6.49. The molecule has 2 aromatic carbocycles. The van der Waals surface area contributed by atoms with Crippen molar-refractivity contribution in [3.05, 3.63) is 66.0 Å². The quantitative estimate of drug-likeness (QED) is 0.751. The number of rotatable bonds is 4. The van der Waals surface area contributed by atoms with Crippen molar-refractivity contribution in [2.75, 3.05) is 11.1 Å². The van der Waals surface area contributed by atoms with E-state index in [2.05, 4.69) is 15.3 Å². The van der Waals surface area contributed by atoms with Crippen LogP contribution in [0.3, 0.4) is 0 Å². The van der Waals surface area contributed by atoms with E-state index in [1.165, 1.54) is 6.33 Å². The predicted octanol–water partition coefficient (Wildman–Crippen LogP) is 4.18. The highest BCUT2D eigenvalue weighted by atomic mass is 19.1. The summed E-state index contributed by atoms with van der Waals surface area (Å²) in [5.74, 6) is -0.420. The Bertz CT molecular complexity index is 869. The molecule has 1 aromatic heterocycles. The van der Waals surface area contributed by atoms with Gasteiger partial charge in [-0.2, -0.15) is 4.98 Å². The van der Waals surface area contributed by atoms with Gasteiger partial charge in [0.15, 0.2) is 5.82 Å². The van der Waals surface area contributed by atoms with Gasteiger partial charge < -0.3 is 15.8 Å². The summed E-state index contributed by atoms with van der Waals surface area (Å²) in [6.45, 7) is 1.96. The smallest absolute Gasteiger partial charge is 0.248 e. The van der Waals surface area contributed by atoms with Gasteiger partial charge in [0.1, 0.15) is 29.4 Å². The molecule has 0 aliphatic rings. The molecule has 3 N–H and O–H groups in total. The molecule has 7 heteroatoms. The number of hydrogen-bond donors (Lipinski definition) is 2. The molecule has 0 spiro atoms. The number of anilines is 3. The molecular formula is C17H14F2N4O. The van der Waals surface area contributed by atoms with E-state index in [0.717, 1.165) is 23.8 Å². The molecule has 0 bridgehead atoms. The molecule has 0 aliphatic carbocycles. The molecule has 3 rings (SSSR count). The van der Waals surface area contributed by atoms with Gasteiger partial charge in [0.2, 0.25) is 5.88 Å². The average Bonchev–Trinajstić information content (AvgIpc) is 2.56. The normalized spacial score (nSPS) is 10.5. The van der Waals surface area contributed by atoms with E-state index in [0.29, 0.717) is 5.75 Å². The van der Waals surface area contributed by atoms with Crippen molar-refractivity contribution >= 4 is 17.2 Å². The lowest BCUT2D eigenvalue weighted by atomic mass is 10.2. The summed E-state index contributed by atoms with van der Waals surface area (Å²) in [4.78, 5) is 7.92. The highest BCUT2D eigenvalue weighted by Gasteiger charge is 2.13. The first-order valence-corrected chi connectivity index (χ1v) is 7.10. The zero-order valence-corrected chi connectivity index (χ0v) is 12.8. The first kappa shape index (κ1) is 15.7. The summed E-state index contributed by atoms with van der Waals surface area (Å²) in [5.41, 5.74) is 7.06. The van der Waals surface area contributed by atoms with Crippen molar-refractivity contribution in [3.63, 3.8) is 0 Å². The molecule has 0 atom stereocenters. The number of nitrogens with two attached hydrogens (primary N) is 1. The number of aryl methyl sites for hydroxylation is 1. The largest absolute Gasteiger partial charge is 0.437 e. The summed E-state index contributed by atoms with van der Waals surface area (Å²) in [6.07, 6.45) is 1.22. The van der Waals surface area contributed by atoms with E-state index in [1.807, 2.05) is 19.1 Å². The first-order valence-electron chi connectivity index (χ1n) is 7.10. The molecule has 0 unspecified atom stereocenters. The molecule has 0 aliphatic heterocycles. The summed E-state index contributed by atoms with van der Waals surface area (Å²) in [6, 6.07) is 10.4. The van der Waals surface area contributed by atoms with Crippen molar-refractivity contribution in [1.29, 1.82) is 0 Å². The first-order chi connectivity index (χ1) is 11.5. The van der Waals surface area contributed by atoms with E-state index in [4.69, 9.17) is 10.5 Å². The van der Waals surface area contributed by atoms with Crippen LogP contribution in [0.15, 0.2) is 48.8 Å². The van der Waals surface area contributed by atoms with Crippen molar-refractivity contribution in [1.82, 2.24) is 9.97 Å². The van der Waals surface area contributed by atoms with Gasteiger partial charge >= 0.3 is 0 Å². The molecule has 0 fully saturated rings. The second-order valence-corrected chi connectivity index (χ2v) is 5.11. The molecule has 5 nitrogen and oxygen atoms in total. The Morgan fingerprint density at radius 2 is 1.79 bits per heavy atom. The number of benzene rings is 2. The summed E-state index contributed by atoms with van der Waals surface area (Å²) in [5, 5.41) is 2.65. The molecule has 3 aromatic rings. The average molecular weight is 328 g/mol. The highest BCUT2D eigenvalue weighted by molar-refractivity contribution is 5.72. The van der Waals surface area contributed by atoms with Crippen LogP contribution >= 0.6 is 0 Å². The van der Waals surface area contributed by atoms with Gasteiger partial charge in [0, 0.05) is 6.07 Å². The van der Waals surface area contributed by atoms with Crippen LogP contribution in [0.4, 0.5) is 26.0 Å². The van der Waals surface area contributed by atoms with Crippen LogP contribution in [-0.4, -0.2) is 9.97 Å². The van der Waals surface area contributed by atoms with Gasteiger partial charge in [-0.3, -0.25) is 0 Å². The van der Waals surface area contributed by atoms with Crippen LogP contribution in [-0.2, 0) is 0 Å². The standard InChI is InChI=1S/C17H14F2N4O/c1-10-2-5-12(6-3-10)24-17-15(20)16(21-9-22-17)23-14-8-11(18)4-7-13(14)19/h2-9H,20H2,1H3,(H,21,22,23). The van der Waals surface area contributed by atoms with Gasteiger partial charge in [-0.15, -0.1) is 0 Å². The molecule has 0 saturated carbocycles. The lowest BCUT2D eigenvalue weighted by Gasteiger charge is -2.12. The number of hydrogen-bond acceptors (Lipinski definition) is 5. The van der Waals surface area contributed by atoms with E-state index in [9.17, 15) is 8.78 Å². The van der Waals surface area contributed by atoms with Gasteiger partial charge in [-0.25, -0.2) is 13.8 Å². The topological polar surface area (TPSA) is 73.1 Å². The van der Waals surface area contributed by atoms with Gasteiger partial charge in [0.05, 0.1) is 5.69 Å². The van der Waals surface area contributed by atoms with Crippen LogP contribution in [0.1, 0.15) is 5.56 Å². The lowest BCUT2D eigenvalue weighted by molar-refractivity contribution is 0.464. The van der Waals surface area contributed by atoms with Crippen LogP contribution < -0.4 is 15.8 Å². The maximum atomic E-state index is 13.7. The Morgan fingerprint density at radius 3 is 2.54 bits per heavy atom. The number of nitrogens with zero attached hydrogens (tertiary/aromatic N) is 2. The maximum absolute atomic E-state index is 13.7. The van der Waals surface area contributed by atoms with Crippen molar-refractivity contribution < 1.29 is 13.5 Å². The molecule has 0 radical (unpaired) electrons. The van der Waals surface area contributed by atoms with Crippen LogP contribution in [0, 0.1) is 18.6 Å². The molecular weight excluding hydrogens is 314 g/mol. The highest BCUT2D eigenvalue weighted by Crippen LogP contribution is 2.31. The van der Waals surface area contributed by atoms with Crippen LogP contribution in [0.2, 0.25) is 0 Å². The van der Waals surface area contributed by atoms with Crippen LogP contribution in [0.5, 0.6) is 11.6 Å². The zero-order valence-electron chi connectivity index (χ0n) is 12.8. The summed E-state index contributed by atoms with van der Waals surface area (Å²) >= 11 is 0. The Kier molecular flexibility index (Phi) is 4.24.